The first-order valence-corrected chi connectivity index (χ1v) is 10.5. The molecule has 0 aliphatic carbocycles. The summed E-state index contributed by atoms with van der Waals surface area (Å²) in [6.07, 6.45) is 3.76. The number of nitrogens with one attached hydrogen (secondary N) is 1. The van der Waals surface area contributed by atoms with Crippen LogP contribution < -0.4 is 15.7 Å². The van der Waals surface area contributed by atoms with E-state index in [2.05, 4.69) is 10.3 Å². The largest absolute Gasteiger partial charge is 0.454 e. The summed E-state index contributed by atoms with van der Waals surface area (Å²) in [5.41, 5.74) is 2.46. The van der Waals surface area contributed by atoms with Crippen LogP contribution in [0, 0.1) is 5.82 Å². The first kappa shape index (κ1) is 21.4. The Morgan fingerprint density at radius 3 is 2.50 bits per heavy atom. The number of pyridine rings is 1. The summed E-state index contributed by atoms with van der Waals surface area (Å²) >= 11 is 5.85. The first-order chi connectivity index (χ1) is 16.6. The van der Waals surface area contributed by atoms with Crippen LogP contribution in [-0.2, 0) is 4.79 Å². The Balaban J connectivity index is 1.65. The number of rotatable bonds is 6. The Kier molecular flexibility index (Phi) is 5.57. The number of carbonyl (C=O) groups excluding carboxylic acids is 1. The highest BCUT2D eigenvalue weighted by atomic mass is 35.5. The topological polar surface area (TPSA) is 78.2 Å². The molecule has 0 atom stereocenters. The van der Waals surface area contributed by atoms with Gasteiger partial charge in [0.05, 0.1) is 33.6 Å². The minimum Gasteiger partial charge on any atom is -0.454 e. The molecular formula is C25H16ClFN4O3. The van der Waals surface area contributed by atoms with Gasteiger partial charge >= 0.3 is 5.69 Å². The molecule has 2 aromatic heterocycles. The molecule has 0 unspecified atom stereocenters. The molecule has 34 heavy (non-hydrogen) atoms. The third kappa shape index (κ3) is 3.80. The van der Waals surface area contributed by atoms with Crippen LogP contribution in [0.25, 0.3) is 22.4 Å². The lowest BCUT2D eigenvalue weighted by molar-refractivity contribution is -0.105. The number of ether oxygens (including phenoxy) is 1. The zero-order chi connectivity index (χ0) is 23.7. The molecule has 3 aromatic carbocycles. The molecule has 9 heteroatoms. The van der Waals surface area contributed by atoms with Gasteiger partial charge in [0.15, 0.2) is 11.6 Å². The maximum atomic E-state index is 14.3. The average Bonchev–Trinajstić information content (AvgIpc) is 3.14. The molecule has 0 aliphatic rings. The van der Waals surface area contributed by atoms with Crippen LogP contribution in [0.2, 0.25) is 5.02 Å². The number of nitrogens with zero attached hydrogens (tertiary/aromatic N) is 3. The van der Waals surface area contributed by atoms with Gasteiger partial charge in [-0.05, 0) is 48.5 Å². The van der Waals surface area contributed by atoms with Crippen LogP contribution in [0.5, 0.6) is 11.5 Å². The molecule has 1 N–H and O–H groups in total. The van der Waals surface area contributed by atoms with Crippen molar-refractivity contribution in [3.8, 4) is 22.9 Å². The van der Waals surface area contributed by atoms with E-state index in [9.17, 15) is 14.0 Å². The zero-order valence-corrected chi connectivity index (χ0v) is 18.2. The van der Waals surface area contributed by atoms with Crippen LogP contribution in [-0.4, -0.2) is 20.5 Å². The van der Waals surface area contributed by atoms with Crippen LogP contribution in [0.3, 0.4) is 0 Å². The molecule has 0 radical (unpaired) electrons. The number of anilines is 1. The summed E-state index contributed by atoms with van der Waals surface area (Å²) in [7, 11) is 0. The number of imidazole rings is 1. The minimum absolute atomic E-state index is 0.0272. The van der Waals surface area contributed by atoms with Gasteiger partial charge in [-0.15, -0.1) is 0 Å². The first-order valence-electron chi connectivity index (χ1n) is 10.2. The van der Waals surface area contributed by atoms with Crippen molar-refractivity contribution in [3.05, 3.63) is 107 Å². The van der Waals surface area contributed by atoms with Crippen molar-refractivity contribution in [3.63, 3.8) is 0 Å². The fourth-order valence-corrected chi connectivity index (χ4v) is 3.89. The number of benzene rings is 3. The molecule has 7 nitrogen and oxygen atoms in total. The smallest absolute Gasteiger partial charge is 0.338 e. The van der Waals surface area contributed by atoms with Crippen molar-refractivity contribution in [2.75, 3.05) is 5.32 Å². The van der Waals surface area contributed by atoms with E-state index in [0.717, 1.165) is 0 Å². The van der Waals surface area contributed by atoms with Crippen LogP contribution in [0.4, 0.5) is 10.1 Å². The van der Waals surface area contributed by atoms with E-state index < -0.39 is 5.82 Å². The van der Waals surface area contributed by atoms with Gasteiger partial charge in [-0.1, -0.05) is 29.8 Å². The Hall–Kier alpha value is -4.43. The van der Waals surface area contributed by atoms with Crippen molar-refractivity contribution in [2.24, 2.45) is 0 Å². The summed E-state index contributed by atoms with van der Waals surface area (Å²) < 4.78 is 23.0. The highest BCUT2D eigenvalue weighted by Gasteiger charge is 2.17. The summed E-state index contributed by atoms with van der Waals surface area (Å²) in [5, 5.41) is 2.54. The maximum Gasteiger partial charge on any atom is 0.338 e. The van der Waals surface area contributed by atoms with E-state index in [1.54, 1.807) is 73.1 Å². The fourth-order valence-electron chi connectivity index (χ4n) is 3.72. The molecule has 5 rings (SSSR count). The molecular weight excluding hydrogens is 459 g/mol. The third-order valence-electron chi connectivity index (χ3n) is 5.19. The molecule has 0 spiro atoms. The summed E-state index contributed by atoms with van der Waals surface area (Å²) in [5.74, 6) is -0.371. The van der Waals surface area contributed by atoms with Crippen LogP contribution in [0.15, 0.2) is 90.0 Å². The zero-order valence-electron chi connectivity index (χ0n) is 17.5. The lowest BCUT2D eigenvalue weighted by atomic mass is 10.2. The van der Waals surface area contributed by atoms with Crippen molar-refractivity contribution in [2.45, 2.75) is 0 Å². The van der Waals surface area contributed by atoms with Gasteiger partial charge in [0.25, 0.3) is 0 Å². The van der Waals surface area contributed by atoms with Crippen molar-refractivity contribution < 1.29 is 13.9 Å². The molecule has 0 saturated heterocycles. The van der Waals surface area contributed by atoms with Gasteiger partial charge in [0, 0.05) is 18.0 Å². The van der Waals surface area contributed by atoms with Crippen LogP contribution in [0.1, 0.15) is 0 Å². The summed E-state index contributed by atoms with van der Waals surface area (Å²) in [6, 6.07) is 19.9. The quantitative estimate of drug-likeness (QED) is 0.337. The van der Waals surface area contributed by atoms with Gasteiger partial charge in [-0.25, -0.2) is 9.18 Å². The van der Waals surface area contributed by atoms with E-state index in [-0.39, 0.29) is 16.5 Å². The van der Waals surface area contributed by atoms with Crippen LogP contribution >= 0.6 is 11.6 Å². The lowest BCUT2D eigenvalue weighted by Gasteiger charge is -2.10. The maximum absolute atomic E-state index is 14.3. The highest BCUT2D eigenvalue weighted by molar-refractivity contribution is 6.30. The predicted molar refractivity (Wildman–Crippen MR) is 128 cm³/mol. The molecule has 0 fully saturated rings. The van der Waals surface area contributed by atoms with Gasteiger partial charge < -0.3 is 10.1 Å². The molecule has 0 bridgehead atoms. The molecule has 0 saturated carbocycles. The SMILES string of the molecule is O=CNc1cccc(-n2c(=O)n(-c3cccc(Oc4cccc(Cl)c4F)c3)c3cnccc32)c1. The van der Waals surface area contributed by atoms with E-state index >= 15 is 0 Å². The second-order valence-corrected chi connectivity index (χ2v) is 7.69. The number of hydrogen-bond donors (Lipinski definition) is 1. The molecule has 168 valence electrons. The summed E-state index contributed by atoms with van der Waals surface area (Å²) in [4.78, 5) is 28.7. The van der Waals surface area contributed by atoms with Gasteiger partial charge in [0.1, 0.15) is 5.75 Å². The number of hydrogen-bond acceptors (Lipinski definition) is 4. The molecule has 1 amide bonds. The number of aromatic nitrogens is 3. The molecule has 5 aromatic rings. The standard InChI is InChI=1S/C25H16ClFN4O3/c26-20-8-3-9-23(24(20)27)34-19-7-2-6-18(13-19)31-22-14-28-11-10-21(22)30(25(31)33)17-5-1-4-16(12-17)29-15-32/h1-15H,(H,29,32). The van der Waals surface area contributed by atoms with E-state index in [1.165, 1.54) is 21.3 Å². The highest BCUT2D eigenvalue weighted by Crippen LogP contribution is 2.30. The predicted octanol–water partition coefficient (Wildman–Crippen LogP) is 5.33. The van der Waals surface area contributed by atoms with E-state index in [1.807, 2.05) is 0 Å². The average molecular weight is 475 g/mol. The van der Waals surface area contributed by atoms with Gasteiger partial charge in [-0.2, -0.15) is 0 Å². The second kappa shape index (κ2) is 8.84. The normalized spacial score (nSPS) is 10.9. The van der Waals surface area contributed by atoms with Crippen molar-refractivity contribution in [1.82, 2.24) is 14.1 Å². The minimum atomic E-state index is -0.670. The Morgan fingerprint density at radius 1 is 0.941 bits per heavy atom. The second-order valence-electron chi connectivity index (χ2n) is 7.28. The Labute approximate surface area is 197 Å². The number of fused-ring (bicyclic) bond motifs is 1. The molecule has 2 heterocycles. The van der Waals surface area contributed by atoms with E-state index in [0.29, 0.717) is 40.3 Å². The molecule has 0 aliphatic heterocycles. The third-order valence-corrected chi connectivity index (χ3v) is 5.48. The summed E-state index contributed by atoms with van der Waals surface area (Å²) in [6.45, 7) is 0. The number of carbonyl (C=O) groups is 1. The van der Waals surface area contributed by atoms with E-state index in [4.69, 9.17) is 16.3 Å². The van der Waals surface area contributed by atoms with Crippen molar-refractivity contribution >= 4 is 34.7 Å². The van der Waals surface area contributed by atoms with Crippen molar-refractivity contribution in [1.29, 1.82) is 0 Å². The monoisotopic (exact) mass is 474 g/mol. The van der Waals surface area contributed by atoms with Gasteiger partial charge in [0.2, 0.25) is 6.41 Å². The number of amides is 1. The fraction of sp³-hybridized carbons (Fsp3) is 0. The van der Waals surface area contributed by atoms with Gasteiger partial charge in [-0.3, -0.25) is 18.9 Å². The Morgan fingerprint density at radius 2 is 1.68 bits per heavy atom. The number of halogens is 2. The lowest BCUT2D eigenvalue weighted by Crippen LogP contribution is -2.22. The Bertz CT molecular complexity index is 1600.